The van der Waals surface area contributed by atoms with E-state index in [4.69, 9.17) is 0 Å². The zero-order chi connectivity index (χ0) is 16.5. The van der Waals surface area contributed by atoms with Crippen molar-refractivity contribution in [2.45, 2.75) is 26.3 Å². The van der Waals surface area contributed by atoms with Gasteiger partial charge >= 0.3 is 6.03 Å². The van der Waals surface area contributed by atoms with Gasteiger partial charge in [0.1, 0.15) is 0 Å². The minimum absolute atomic E-state index is 0.0314. The van der Waals surface area contributed by atoms with Crippen LogP contribution in [0.15, 0.2) is 48.5 Å². The van der Waals surface area contributed by atoms with Gasteiger partial charge in [0.2, 0.25) is 0 Å². The topological polar surface area (TPSA) is 48.1 Å². The van der Waals surface area contributed by atoms with E-state index < -0.39 is 0 Å². The molecular formula is C20H21N3O. The zero-order valence-corrected chi connectivity index (χ0v) is 13.8. The molecule has 4 heteroatoms. The molecule has 0 spiro atoms. The summed E-state index contributed by atoms with van der Waals surface area (Å²) in [4.78, 5) is 18.1. The van der Waals surface area contributed by atoms with Crippen LogP contribution in [-0.4, -0.2) is 22.5 Å². The van der Waals surface area contributed by atoms with E-state index in [0.717, 1.165) is 30.6 Å². The summed E-state index contributed by atoms with van der Waals surface area (Å²) in [6.07, 6.45) is 1.96. The fourth-order valence-electron chi connectivity index (χ4n) is 3.43. The Hall–Kier alpha value is -2.75. The first-order chi connectivity index (χ1) is 11.7. The number of aromatic nitrogens is 1. The number of para-hydroxylation sites is 1. The molecule has 24 heavy (non-hydrogen) atoms. The average molecular weight is 319 g/mol. The van der Waals surface area contributed by atoms with Crippen molar-refractivity contribution in [1.82, 2.24) is 9.88 Å². The number of carbonyl (C=O) groups is 1. The lowest BCUT2D eigenvalue weighted by molar-refractivity contribution is 0.210. The number of urea groups is 1. The van der Waals surface area contributed by atoms with Crippen LogP contribution in [0.4, 0.5) is 10.5 Å². The van der Waals surface area contributed by atoms with Crippen molar-refractivity contribution in [2.75, 3.05) is 11.9 Å². The number of H-pyrrole nitrogens is 1. The molecule has 4 rings (SSSR count). The highest BCUT2D eigenvalue weighted by molar-refractivity contribution is 5.90. The third-order valence-electron chi connectivity index (χ3n) is 4.67. The maximum absolute atomic E-state index is 12.7. The number of fused-ring (bicyclic) bond motifs is 3. The fourth-order valence-corrected chi connectivity index (χ4v) is 3.43. The van der Waals surface area contributed by atoms with Gasteiger partial charge in [-0.3, -0.25) is 0 Å². The second-order valence-electron chi connectivity index (χ2n) is 6.45. The van der Waals surface area contributed by atoms with Gasteiger partial charge in [0.05, 0.1) is 0 Å². The molecule has 0 bridgehead atoms. The molecule has 0 radical (unpaired) electrons. The normalized spacial score (nSPS) is 14.3. The summed E-state index contributed by atoms with van der Waals surface area (Å²) in [6.45, 7) is 3.53. The summed E-state index contributed by atoms with van der Waals surface area (Å²) in [5.74, 6) is 0. The lowest BCUT2D eigenvalue weighted by Gasteiger charge is -2.21. The monoisotopic (exact) mass is 319 g/mol. The summed E-state index contributed by atoms with van der Waals surface area (Å²) < 4.78 is 0. The third kappa shape index (κ3) is 2.75. The van der Waals surface area contributed by atoms with Gasteiger partial charge in [0.25, 0.3) is 0 Å². The predicted molar refractivity (Wildman–Crippen MR) is 97.2 cm³/mol. The average Bonchev–Trinajstić information content (AvgIpc) is 2.78. The van der Waals surface area contributed by atoms with Gasteiger partial charge in [-0.15, -0.1) is 0 Å². The lowest BCUT2D eigenvalue weighted by atomic mass is 10.1. The van der Waals surface area contributed by atoms with Crippen LogP contribution < -0.4 is 5.32 Å². The summed E-state index contributed by atoms with van der Waals surface area (Å²) in [7, 11) is 0. The van der Waals surface area contributed by atoms with Gasteiger partial charge in [-0.1, -0.05) is 29.8 Å². The highest BCUT2D eigenvalue weighted by atomic mass is 16.2. The van der Waals surface area contributed by atoms with Gasteiger partial charge in [-0.2, -0.15) is 0 Å². The molecule has 0 aliphatic carbocycles. The van der Waals surface area contributed by atoms with E-state index >= 15 is 0 Å². The third-order valence-corrected chi connectivity index (χ3v) is 4.67. The first-order valence-corrected chi connectivity index (χ1v) is 8.42. The summed E-state index contributed by atoms with van der Waals surface area (Å²) in [6, 6.07) is 16.1. The Morgan fingerprint density at radius 2 is 2.00 bits per heavy atom. The molecule has 2 heterocycles. The van der Waals surface area contributed by atoms with Gasteiger partial charge < -0.3 is 15.2 Å². The number of carbonyl (C=O) groups excluding carboxylic acids is 1. The first-order valence-electron chi connectivity index (χ1n) is 8.42. The summed E-state index contributed by atoms with van der Waals surface area (Å²) in [5, 5.41) is 4.24. The SMILES string of the molecule is Cc1ccc2[nH]c3c(c2c1)CN(C(=O)Nc1ccccc1)CCC3. The number of aromatic amines is 1. The zero-order valence-electron chi connectivity index (χ0n) is 13.8. The number of anilines is 1. The van der Waals surface area contributed by atoms with Crippen molar-refractivity contribution < 1.29 is 4.79 Å². The minimum atomic E-state index is -0.0314. The molecule has 1 aromatic heterocycles. The van der Waals surface area contributed by atoms with E-state index in [1.54, 1.807) is 0 Å². The molecule has 0 saturated heterocycles. The highest BCUT2D eigenvalue weighted by Gasteiger charge is 2.22. The Morgan fingerprint density at radius 3 is 2.83 bits per heavy atom. The number of benzene rings is 2. The van der Waals surface area contributed by atoms with Crippen molar-refractivity contribution in [3.63, 3.8) is 0 Å². The van der Waals surface area contributed by atoms with Crippen LogP contribution in [0.5, 0.6) is 0 Å². The molecule has 3 aromatic rings. The van der Waals surface area contributed by atoms with Crippen molar-refractivity contribution >= 4 is 22.6 Å². The van der Waals surface area contributed by atoms with Crippen LogP contribution >= 0.6 is 0 Å². The number of amides is 2. The van der Waals surface area contributed by atoms with Gasteiger partial charge in [-0.05, 0) is 44.0 Å². The molecule has 1 aliphatic rings. The molecule has 2 aromatic carbocycles. The Morgan fingerprint density at radius 1 is 1.17 bits per heavy atom. The van der Waals surface area contributed by atoms with E-state index in [1.807, 2.05) is 35.2 Å². The van der Waals surface area contributed by atoms with E-state index in [0.29, 0.717) is 6.54 Å². The summed E-state index contributed by atoms with van der Waals surface area (Å²) >= 11 is 0. The maximum atomic E-state index is 12.7. The molecule has 2 N–H and O–H groups in total. The van der Waals surface area contributed by atoms with E-state index in [9.17, 15) is 4.79 Å². The standard InChI is InChI=1S/C20H21N3O/c1-14-9-10-19-16(12-14)17-13-23(11-5-8-18(17)22-19)20(24)21-15-6-3-2-4-7-15/h2-4,6-7,9-10,12,22H,5,8,11,13H2,1H3,(H,21,24). The Labute approximate surface area is 141 Å². The number of aryl methyl sites for hydroxylation is 2. The first kappa shape index (κ1) is 14.8. The van der Waals surface area contributed by atoms with Crippen LogP contribution in [0.2, 0.25) is 0 Å². The van der Waals surface area contributed by atoms with Crippen LogP contribution in [0, 0.1) is 6.92 Å². The minimum Gasteiger partial charge on any atom is -0.358 e. The molecule has 1 aliphatic heterocycles. The predicted octanol–water partition coefficient (Wildman–Crippen LogP) is 4.46. The lowest BCUT2D eigenvalue weighted by Crippen LogP contribution is -2.34. The van der Waals surface area contributed by atoms with Crippen molar-refractivity contribution in [3.8, 4) is 0 Å². The Balaban J connectivity index is 1.62. The van der Waals surface area contributed by atoms with Crippen LogP contribution in [0.1, 0.15) is 23.2 Å². The highest BCUT2D eigenvalue weighted by Crippen LogP contribution is 2.28. The number of hydrogen-bond donors (Lipinski definition) is 2. The number of hydrogen-bond acceptors (Lipinski definition) is 1. The van der Waals surface area contributed by atoms with Crippen LogP contribution in [0.3, 0.4) is 0 Å². The Kier molecular flexibility index (Phi) is 3.73. The van der Waals surface area contributed by atoms with Crippen LogP contribution in [0.25, 0.3) is 10.9 Å². The maximum Gasteiger partial charge on any atom is 0.322 e. The van der Waals surface area contributed by atoms with E-state index in [-0.39, 0.29) is 6.03 Å². The molecule has 4 nitrogen and oxygen atoms in total. The second kappa shape index (κ2) is 6.04. The van der Waals surface area contributed by atoms with Crippen molar-refractivity contribution in [1.29, 1.82) is 0 Å². The smallest absolute Gasteiger partial charge is 0.322 e. The molecule has 2 amide bonds. The number of nitrogens with one attached hydrogen (secondary N) is 2. The number of nitrogens with zero attached hydrogens (tertiary/aromatic N) is 1. The van der Waals surface area contributed by atoms with Gasteiger partial charge in [0, 0.05) is 40.9 Å². The molecular weight excluding hydrogens is 298 g/mol. The van der Waals surface area contributed by atoms with Crippen molar-refractivity contribution in [3.05, 3.63) is 65.4 Å². The van der Waals surface area contributed by atoms with Crippen molar-refractivity contribution in [2.24, 2.45) is 0 Å². The quantitative estimate of drug-likeness (QED) is 0.683. The van der Waals surface area contributed by atoms with E-state index in [1.165, 1.54) is 22.2 Å². The fraction of sp³-hybridized carbons (Fsp3) is 0.250. The molecule has 0 saturated carbocycles. The molecule has 0 fully saturated rings. The largest absolute Gasteiger partial charge is 0.358 e. The van der Waals surface area contributed by atoms with Crippen LogP contribution in [-0.2, 0) is 13.0 Å². The number of rotatable bonds is 1. The molecule has 122 valence electrons. The van der Waals surface area contributed by atoms with E-state index in [2.05, 4.69) is 35.4 Å². The van der Waals surface area contributed by atoms with Gasteiger partial charge in [-0.25, -0.2) is 4.79 Å². The molecule has 0 unspecified atom stereocenters. The molecule has 0 atom stereocenters. The second-order valence-corrected chi connectivity index (χ2v) is 6.45. The Bertz CT molecular complexity index is 883. The van der Waals surface area contributed by atoms with Gasteiger partial charge in [0.15, 0.2) is 0 Å². The summed E-state index contributed by atoms with van der Waals surface area (Å²) in [5.41, 5.74) is 5.77.